The van der Waals surface area contributed by atoms with Crippen molar-refractivity contribution in [3.63, 3.8) is 0 Å². The van der Waals surface area contributed by atoms with E-state index < -0.39 is 0 Å². The van der Waals surface area contributed by atoms with Crippen LogP contribution >= 0.6 is 0 Å². The zero-order valence-electron chi connectivity index (χ0n) is 10.8. The Labute approximate surface area is 116 Å². The molecule has 2 nitrogen and oxygen atoms in total. The molecule has 0 saturated carbocycles. The second kappa shape index (κ2) is 4.93. The van der Waals surface area contributed by atoms with Crippen LogP contribution in [0.4, 0.5) is 4.39 Å². The lowest BCUT2D eigenvalue weighted by molar-refractivity contribution is 0.102. The molecule has 0 aliphatic heterocycles. The molecule has 0 spiro atoms. The molecule has 1 N–H and O–H groups in total. The number of carbonyl (C=O) groups excluding carboxylic acids is 1. The van der Waals surface area contributed by atoms with Gasteiger partial charge in [-0.3, -0.25) is 4.79 Å². The third-order valence-corrected chi connectivity index (χ3v) is 3.54. The average Bonchev–Trinajstić information content (AvgIpc) is 2.45. The van der Waals surface area contributed by atoms with E-state index in [2.05, 4.69) is 0 Å². The highest BCUT2D eigenvalue weighted by Gasteiger charge is 2.23. The molecule has 0 atom stereocenters. The minimum absolute atomic E-state index is 0.0634. The van der Waals surface area contributed by atoms with Gasteiger partial charge in [0.2, 0.25) is 0 Å². The van der Waals surface area contributed by atoms with Crippen LogP contribution in [-0.2, 0) is 6.42 Å². The number of allylic oxidation sites excluding steroid dienone is 1. The van der Waals surface area contributed by atoms with Gasteiger partial charge in [0.05, 0.1) is 0 Å². The number of hydrogen-bond acceptors (Lipinski definition) is 2. The van der Waals surface area contributed by atoms with Gasteiger partial charge in [0.15, 0.2) is 5.78 Å². The maximum Gasteiger partial charge on any atom is 0.189 e. The van der Waals surface area contributed by atoms with Gasteiger partial charge in [-0.25, -0.2) is 4.39 Å². The minimum atomic E-state index is -0.294. The molecule has 0 aromatic heterocycles. The molecule has 100 valence electrons. The van der Waals surface area contributed by atoms with Gasteiger partial charge in [-0.15, -0.1) is 0 Å². The molecule has 20 heavy (non-hydrogen) atoms. The number of Topliss-reactive ketones (excluding diaryl/α,β-unsaturated/α-hetero) is 1. The summed E-state index contributed by atoms with van der Waals surface area (Å²) in [6, 6.07) is 11.0. The number of benzene rings is 2. The van der Waals surface area contributed by atoms with Crippen LogP contribution in [0, 0.1) is 5.82 Å². The first-order chi connectivity index (χ1) is 9.65. The zero-order valence-corrected chi connectivity index (χ0v) is 10.8. The predicted molar refractivity (Wildman–Crippen MR) is 75.1 cm³/mol. The maximum atomic E-state index is 12.9. The third-order valence-electron chi connectivity index (χ3n) is 3.54. The Morgan fingerprint density at radius 3 is 2.55 bits per heavy atom. The van der Waals surface area contributed by atoms with E-state index in [-0.39, 0.29) is 17.3 Å². The van der Waals surface area contributed by atoms with E-state index in [0.717, 1.165) is 5.56 Å². The topological polar surface area (TPSA) is 37.3 Å². The molecule has 0 bridgehead atoms. The van der Waals surface area contributed by atoms with Crippen molar-refractivity contribution in [2.24, 2.45) is 0 Å². The second-order valence-corrected chi connectivity index (χ2v) is 4.85. The summed E-state index contributed by atoms with van der Waals surface area (Å²) in [7, 11) is 0. The van der Waals surface area contributed by atoms with E-state index in [1.165, 1.54) is 12.1 Å². The quantitative estimate of drug-likeness (QED) is 0.800. The van der Waals surface area contributed by atoms with Crippen molar-refractivity contribution in [1.82, 2.24) is 0 Å². The van der Waals surface area contributed by atoms with Gasteiger partial charge >= 0.3 is 0 Å². The summed E-state index contributed by atoms with van der Waals surface area (Å²) in [5, 5.41) is 9.77. The fraction of sp³-hybridized carbons (Fsp3) is 0.118. The summed E-state index contributed by atoms with van der Waals surface area (Å²) in [6.07, 6.45) is 3.01. The number of halogens is 1. The van der Waals surface area contributed by atoms with Crippen molar-refractivity contribution >= 4 is 11.9 Å². The number of phenols is 1. The molecular weight excluding hydrogens is 255 g/mol. The SMILES string of the molecule is O=C1/C(=C/c2ccc(F)cc2)CCc2c(O)cccc21. The smallest absolute Gasteiger partial charge is 0.189 e. The summed E-state index contributed by atoms with van der Waals surface area (Å²) < 4.78 is 12.9. The van der Waals surface area contributed by atoms with Gasteiger partial charge in [0.25, 0.3) is 0 Å². The van der Waals surface area contributed by atoms with E-state index in [0.29, 0.717) is 29.5 Å². The second-order valence-electron chi connectivity index (χ2n) is 4.85. The van der Waals surface area contributed by atoms with Crippen LogP contribution in [0.25, 0.3) is 6.08 Å². The first kappa shape index (κ1) is 12.6. The van der Waals surface area contributed by atoms with Gasteiger partial charge in [-0.2, -0.15) is 0 Å². The molecule has 0 amide bonds. The highest BCUT2D eigenvalue weighted by Crippen LogP contribution is 2.31. The van der Waals surface area contributed by atoms with Crippen LogP contribution in [0.15, 0.2) is 48.0 Å². The molecular formula is C17H13FO2. The first-order valence-electron chi connectivity index (χ1n) is 6.47. The summed E-state index contributed by atoms with van der Waals surface area (Å²) >= 11 is 0. The fourth-order valence-electron chi connectivity index (χ4n) is 2.49. The van der Waals surface area contributed by atoms with Crippen molar-refractivity contribution in [3.05, 3.63) is 70.5 Å². The van der Waals surface area contributed by atoms with Crippen molar-refractivity contribution in [2.45, 2.75) is 12.8 Å². The van der Waals surface area contributed by atoms with Crippen molar-refractivity contribution < 1.29 is 14.3 Å². The Hall–Kier alpha value is -2.42. The minimum Gasteiger partial charge on any atom is -0.508 e. The van der Waals surface area contributed by atoms with Gasteiger partial charge in [-0.05, 0) is 42.7 Å². The predicted octanol–water partition coefficient (Wildman–Crippen LogP) is 3.74. The number of aromatic hydroxyl groups is 1. The highest BCUT2D eigenvalue weighted by molar-refractivity contribution is 6.13. The van der Waals surface area contributed by atoms with E-state index in [1.807, 2.05) is 0 Å². The number of carbonyl (C=O) groups is 1. The maximum absolute atomic E-state index is 12.9. The Morgan fingerprint density at radius 2 is 1.80 bits per heavy atom. The number of fused-ring (bicyclic) bond motifs is 1. The molecule has 3 heteroatoms. The van der Waals surface area contributed by atoms with Gasteiger partial charge < -0.3 is 5.11 Å². The lowest BCUT2D eigenvalue weighted by Gasteiger charge is -2.18. The summed E-state index contributed by atoms with van der Waals surface area (Å²) in [5.41, 5.74) is 2.77. The molecule has 2 aromatic carbocycles. The van der Waals surface area contributed by atoms with Crippen LogP contribution in [0.1, 0.15) is 27.9 Å². The number of rotatable bonds is 1. The monoisotopic (exact) mass is 268 g/mol. The van der Waals surface area contributed by atoms with Crippen molar-refractivity contribution in [3.8, 4) is 5.75 Å². The Kier molecular flexibility index (Phi) is 3.11. The Bertz CT molecular complexity index is 699. The first-order valence-corrected chi connectivity index (χ1v) is 6.47. The van der Waals surface area contributed by atoms with Crippen LogP contribution in [-0.4, -0.2) is 10.9 Å². The summed E-state index contributed by atoms with van der Waals surface area (Å²) in [5.74, 6) is -0.180. The van der Waals surface area contributed by atoms with Crippen LogP contribution in [0.2, 0.25) is 0 Å². The fourth-order valence-corrected chi connectivity index (χ4v) is 2.49. The Balaban J connectivity index is 1.98. The van der Waals surface area contributed by atoms with Gasteiger partial charge in [0.1, 0.15) is 11.6 Å². The summed E-state index contributed by atoms with van der Waals surface area (Å²) in [4.78, 5) is 12.4. The third kappa shape index (κ3) is 2.23. The summed E-state index contributed by atoms with van der Waals surface area (Å²) in [6.45, 7) is 0. The number of ketones is 1. The van der Waals surface area contributed by atoms with E-state index in [9.17, 15) is 14.3 Å². The van der Waals surface area contributed by atoms with Crippen molar-refractivity contribution in [1.29, 1.82) is 0 Å². The molecule has 0 heterocycles. The molecule has 0 unspecified atom stereocenters. The number of hydrogen-bond donors (Lipinski definition) is 1. The van der Waals surface area contributed by atoms with Gasteiger partial charge in [0, 0.05) is 16.7 Å². The highest BCUT2D eigenvalue weighted by atomic mass is 19.1. The lowest BCUT2D eigenvalue weighted by Crippen LogP contribution is -2.14. The normalized spacial score (nSPS) is 16.2. The molecule has 3 rings (SSSR count). The van der Waals surface area contributed by atoms with Gasteiger partial charge in [-0.1, -0.05) is 24.3 Å². The van der Waals surface area contributed by atoms with E-state index in [4.69, 9.17) is 0 Å². The zero-order chi connectivity index (χ0) is 14.1. The van der Waals surface area contributed by atoms with E-state index in [1.54, 1.807) is 36.4 Å². The molecule has 2 aromatic rings. The molecule has 0 saturated heterocycles. The molecule has 0 radical (unpaired) electrons. The lowest BCUT2D eigenvalue weighted by atomic mass is 9.85. The van der Waals surface area contributed by atoms with Crippen LogP contribution in [0.5, 0.6) is 5.75 Å². The Morgan fingerprint density at radius 1 is 1.05 bits per heavy atom. The van der Waals surface area contributed by atoms with Crippen LogP contribution in [0.3, 0.4) is 0 Å². The van der Waals surface area contributed by atoms with Crippen LogP contribution < -0.4 is 0 Å². The van der Waals surface area contributed by atoms with Crippen molar-refractivity contribution in [2.75, 3.05) is 0 Å². The standard InChI is InChI=1S/C17H13FO2/c18-13-7-4-11(5-8-13)10-12-6-9-14-15(17(12)20)2-1-3-16(14)19/h1-5,7-8,10,19H,6,9H2/b12-10+. The average molecular weight is 268 g/mol. The molecule has 1 aliphatic carbocycles. The molecule has 0 fully saturated rings. The number of phenolic OH excluding ortho intramolecular Hbond substituents is 1. The largest absolute Gasteiger partial charge is 0.508 e. The van der Waals surface area contributed by atoms with E-state index >= 15 is 0 Å². The molecule has 1 aliphatic rings.